The highest BCUT2D eigenvalue weighted by atomic mass is 16.6. The van der Waals surface area contributed by atoms with Crippen molar-refractivity contribution >= 4 is 12.1 Å². The molecule has 0 unspecified atom stereocenters. The monoisotopic (exact) mass is 399 g/mol. The van der Waals surface area contributed by atoms with Crippen LogP contribution in [0.5, 0.6) is 0 Å². The van der Waals surface area contributed by atoms with Crippen molar-refractivity contribution in [3.05, 3.63) is 0 Å². The highest BCUT2D eigenvalue weighted by molar-refractivity contribution is 5.73. The van der Waals surface area contributed by atoms with Gasteiger partial charge in [-0.3, -0.25) is 4.79 Å². The van der Waals surface area contributed by atoms with Crippen molar-refractivity contribution in [3.8, 4) is 0 Å². The number of nitrogens with zero attached hydrogens (tertiary/aromatic N) is 1. The lowest BCUT2D eigenvalue weighted by Crippen LogP contribution is -2.46. The van der Waals surface area contributed by atoms with Crippen LogP contribution >= 0.6 is 0 Å². The highest BCUT2D eigenvalue weighted by Gasteiger charge is 2.36. The standard InChI is InChI=1S/C21H37NO6/c1-21(2,18-7-5-4-6-8-18)28-20(24)22-11-9-17(10-12-22)19(23)27-16-15-26-14-13-25-3/h17-18H,4-16H2,1-3H3. The average molecular weight is 400 g/mol. The number of amides is 1. The van der Waals surface area contributed by atoms with Gasteiger partial charge in [-0.05, 0) is 45.4 Å². The molecule has 0 N–H and O–H groups in total. The van der Waals surface area contributed by atoms with Crippen molar-refractivity contribution in [2.24, 2.45) is 11.8 Å². The van der Waals surface area contributed by atoms with Crippen molar-refractivity contribution < 1.29 is 28.5 Å². The second-order valence-electron chi connectivity index (χ2n) is 8.34. The summed E-state index contributed by atoms with van der Waals surface area (Å²) in [4.78, 5) is 26.5. The Bertz CT molecular complexity index is 481. The molecule has 2 fully saturated rings. The van der Waals surface area contributed by atoms with Crippen molar-refractivity contribution in [2.75, 3.05) is 46.6 Å². The van der Waals surface area contributed by atoms with E-state index in [9.17, 15) is 9.59 Å². The molecule has 2 rings (SSSR count). The van der Waals surface area contributed by atoms with Gasteiger partial charge in [0.2, 0.25) is 0 Å². The molecule has 1 amide bonds. The van der Waals surface area contributed by atoms with Gasteiger partial charge in [0.25, 0.3) is 0 Å². The van der Waals surface area contributed by atoms with E-state index in [1.807, 2.05) is 13.8 Å². The molecule has 2 aliphatic rings. The first-order chi connectivity index (χ1) is 13.4. The van der Waals surface area contributed by atoms with E-state index in [4.69, 9.17) is 18.9 Å². The van der Waals surface area contributed by atoms with Crippen LogP contribution in [0.2, 0.25) is 0 Å². The minimum absolute atomic E-state index is 0.158. The summed E-state index contributed by atoms with van der Waals surface area (Å²) in [5.41, 5.74) is -0.434. The van der Waals surface area contributed by atoms with Gasteiger partial charge in [-0.15, -0.1) is 0 Å². The number of likely N-dealkylation sites (tertiary alicyclic amines) is 1. The van der Waals surface area contributed by atoms with Gasteiger partial charge in [-0.2, -0.15) is 0 Å². The maximum absolute atomic E-state index is 12.6. The molecule has 0 bridgehead atoms. The zero-order chi connectivity index (χ0) is 20.4. The number of carbonyl (C=O) groups is 2. The maximum Gasteiger partial charge on any atom is 0.410 e. The SMILES string of the molecule is COCCOCCOC(=O)C1CCN(C(=O)OC(C)(C)C2CCCCC2)CC1. The van der Waals surface area contributed by atoms with Gasteiger partial charge in [0.05, 0.1) is 25.7 Å². The Morgan fingerprint density at radius 1 is 0.929 bits per heavy atom. The van der Waals surface area contributed by atoms with E-state index in [1.54, 1.807) is 12.0 Å². The van der Waals surface area contributed by atoms with Crippen LogP contribution in [0.4, 0.5) is 4.79 Å². The summed E-state index contributed by atoms with van der Waals surface area (Å²) in [6, 6.07) is 0. The second kappa shape index (κ2) is 11.6. The molecule has 1 heterocycles. The highest BCUT2D eigenvalue weighted by Crippen LogP contribution is 2.35. The minimum Gasteiger partial charge on any atom is -0.463 e. The van der Waals surface area contributed by atoms with Crippen LogP contribution in [0.25, 0.3) is 0 Å². The normalized spacial score (nSPS) is 19.5. The largest absolute Gasteiger partial charge is 0.463 e. The summed E-state index contributed by atoms with van der Waals surface area (Å²) in [7, 11) is 1.61. The number of piperidine rings is 1. The summed E-state index contributed by atoms with van der Waals surface area (Å²) < 4.78 is 21.3. The number of rotatable bonds is 9. The van der Waals surface area contributed by atoms with Crippen LogP contribution in [0.15, 0.2) is 0 Å². The van der Waals surface area contributed by atoms with Crippen LogP contribution in [0.3, 0.4) is 0 Å². The maximum atomic E-state index is 12.6. The first-order valence-electron chi connectivity index (χ1n) is 10.6. The van der Waals surface area contributed by atoms with Crippen molar-refractivity contribution in [1.29, 1.82) is 0 Å². The zero-order valence-corrected chi connectivity index (χ0v) is 17.7. The molecule has 1 aliphatic heterocycles. The van der Waals surface area contributed by atoms with Gasteiger partial charge in [-0.25, -0.2) is 4.79 Å². The molecule has 1 aliphatic carbocycles. The molecule has 0 aromatic carbocycles. The first-order valence-corrected chi connectivity index (χ1v) is 10.6. The third-order valence-electron chi connectivity index (χ3n) is 5.93. The van der Waals surface area contributed by atoms with E-state index in [0.717, 1.165) is 12.8 Å². The molecule has 1 saturated heterocycles. The number of hydrogen-bond donors (Lipinski definition) is 0. The Kier molecular flexibility index (Phi) is 9.51. The zero-order valence-electron chi connectivity index (χ0n) is 17.7. The van der Waals surface area contributed by atoms with Gasteiger partial charge in [0.15, 0.2) is 0 Å². The van der Waals surface area contributed by atoms with Crippen LogP contribution in [0, 0.1) is 11.8 Å². The van der Waals surface area contributed by atoms with Crippen LogP contribution < -0.4 is 0 Å². The number of methoxy groups -OCH3 is 1. The first kappa shape index (κ1) is 22.9. The van der Waals surface area contributed by atoms with Crippen molar-refractivity contribution in [3.63, 3.8) is 0 Å². The van der Waals surface area contributed by atoms with Crippen molar-refractivity contribution in [2.45, 2.75) is 64.4 Å². The van der Waals surface area contributed by atoms with E-state index in [0.29, 0.717) is 51.7 Å². The predicted molar refractivity (Wildman–Crippen MR) is 105 cm³/mol. The van der Waals surface area contributed by atoms with Crippen LogP contribution in [-0.2, 0) is 23.7 Å². The average Bonchev–Trinajstić information content (AvgIpc) is 2.71. The van der Waals surface area contributed by atoms with E-state index in [2.05, 4.69) is 0 Å². The molecule has 0 radical (unpaired) electrons. The summed E-state index contributed by atoms with van der Waals surface area (Å²) in [6.07, 6.45) is 6.95. The molecule has 7 nitrogen and oxygen atoms in total. The van der Waals surface area contributed by atoms with E-state index in [-0.39, 0.29) is 24.6 Å². The van der Waals surface area contributed by atoms with E-state index in [1.165, 1.54) is 19.3 Å². The fourth-order valence-electron chi connectivity index (χ4n) is 4.03. The molecular formula is C21H37NO6. The quantitative estimate of drug-likeness (QED) is 0.437. The third kappa shape index (κ3) is 7.24. The molecule has 1 saturated carbocycles. The third-order valence-corrected chi connectivity index (χ3v) is 5.93. The Morgan fingerprint density at radius 2 is 1.57 bits per heavy atom. The fourth-order valence-corrected chi connectivity index (χ4v) is 4.03. The predicted octanol–water partition coefficient (Wildman–Crippen LogP) is 3.40. The van der Waals surface area contributed by atoms with Gasteiger partial charge >= 0.3 is 12.1 Å². The van der Waals surface area contributed by atoms with Crippen molar-refractivity contribution in [1.82, 2.24) is 4.90 Å². The number of hydrogen-bond acceptors (Lipinski definition) is 6. The number of esters is 1. The molecule has 0 atom stereocenters. The van der Waals surface area contributed by atoms with E-state index < -0.39 is 5.60 Å². The number of ether oxygens (including phenoxy) is 4. The number of carbonyl (C=O) groups excluding carboxylic acids is 2. The Balaban J connectivity index is 1.66. The lowest BCUT2D eigenvalue weighted by atomic mass is 9.79. The lowest BCUT2D eigenvalue weighted by Gasteiger charge is -2.39. The molecule has 7 heteroatoms. The van der Waals surface area contributed by atoms with Gasteiger partial charge in [-0.1, -0.05) is 19.3 Å². The fraction of sp³-hybridized carbons (Fsp3) is 0.905. The van der Waals surface area contributed by atoms with Gasteiger partial charge < -0.3 is 23.8 Å². The molecule has 28 heavy (non-hydrogen) atoms. The van der Waals surface area contributed by atoms with E-state index >= 15 is 0 Å². The summed E-state index contributed by atoms with van der Waals surface area (Å²) in [5.74, 6) is 0.0732. The summed E-state index contributed by atoms with van der Waals surface area (Å²) in [5, 5.41) is 0. The Labute approximate surface area is 169 Å². The molecule has 0 aromatic rings. The van der Waals surface area contributed by atoms with Crippen LogP contribution in [0.1, 0.15) is 58.8 Å². The van der Waals surface area contributed by atoms with Crippen LogP contribution in [-0.4, -0.2) is 69.2 Å². The Morgan fingerprint density at radius 3 is 2.21 bits per heavy atom. The topological polar surface area (TPSA) is 74.3 Å². The summed E-state index contributed by atoms with van der Waals surface area (Å²) >= 11 is 0. The van der Waals surface area contributed by atoms with Gasteiger partial charge in [0, 0.05) is 20.2 Å². The smallest absolute Gasteiger partial charge is 0.410 e. The molecule has 162 valence electrons. The Hall–Kier alpha value is -1.34. The van der Waals surface area contributed by atoms with Gasteiger partial charge in [0.1, 0.15) is 12.2 Å². The molecular weight excluding hydrogens is 362 g/mol. The molecule has 0 aromatic heterocycles. The lowest BCUT2D eigenvalue weighted by molar-refractivity contribution is -0.151. The molecule has 0 spiro atoms. The summed E-state index contributed by atoms with van der Waals surface area (Å²) in [6.45, 7) is 6.76. The second-order valence-corrected chi connectivity index (χ2v) is 8.34. The minimum atomic E-state index is -0.434.